The minimum absolute atomic E-state index is 0. The van der Waals surface area contributed by atoms with Gasteiger partial charge < -0.3 is 10.6 Å². The summed E-state index contributed by atoms with van der Waals surface area (Å²) in [6, 6.07) is 8.80. The van der Waals surface area contributed by atoms with Crippen LogP contribution in [0.15, 0.2) is 24.3 Å². The summed E-state index contributed by atoms with van der Waals surface area (Å²) in [7, 11) is 0. The number of nitrogens with two attached hydrogens (primary N) is 1. The maximum Gasteiger partial charge on any atom is 0.233 e. The smallest absolute Gasteiger partial charge is 0.233 e. The Hall–Kier alpha value is -1.06. The highest BCUT2D eigenvalue weighted by atomic mass is 35.5. The molecule has 4 heteroatoms. The summed E-state index contributed by atoms with van der Waals surface area (Å²) in [5, 5.41) is 0. The summed E-state index contributed by atoms with van der Waals surface area (Å²) in [6.45, 7) is 5.94. The molecule has 1 amide bonds. The number of rotatable bonds is 3. The molecule has 1 aliphatic heterocycles. The molecule has 2 aliphatic rings. The fourth-order valence-corrected chi connectivity index (χ4v) is 4.65. The molecule has 25 heavy (non-hydrogen) atoms. The number of carbonyl (C=O) groups excluding carboxylic acids is 1. The van der Waals surface area contributed by atoms with Crippen molar-refractivity contribution in [1.82, 2.24) is 4.90 Å². The summed E-state index contributed by atoms with van der Waals surface area (Å²) >= 11 is 0. The first kappa shape index (κ1) is 20.3. The Labute approximate surface area is 158 Å². The van der Waals surface area contributed by atoms with E-state index in [1.54, 1.807) is 0 Å². The van der Waals surface area contributed by atoms with E-state index in [0.29, 0.717) is 11.8 Å². The zero-order valence-electron chi connectivity index (χ0n) is 15.7. The molecule has 140 valence electrons. The first-order chi connectivity index (χ1) is 11.5. The molecule has 1 aromatic rings. The lowest BCUT2D eigenvalue weighted by Crippen LogP contribution is -2.53. The van der Waals surface area contributed by atoms with E-state index in [2.05, 4.69) is 43.0 Å². The van der Waals surface area contributed by atoms with E-state index in [-0.39, 0.29) is 23.9 Å². The quantitative estimate of drug-likeness (QED) is 0.873. The van der Waals surface area contributed by atoms with Gasteiger partial charge in [-0.1, -0.05) is 49.1 Å². The van der Waals surface area contributed by atoms with E-state index in [1.807, 2.05) is 0 Å². The Morgan fingerprint density at radius 1 is 1.24 bits per heavy atom. The molecule has 3 nitrogen and oxygen atoms in total. The molecule has 1 heterocycles. The van der Waals surface area contributed by atoms with Crippen molar-refractivity contribution in [2.75, 3.05) is 13.1 Å². The van der Waals surface area contributed by atoms with Crippen molar-refractivity contribution in [2.45, 2.75) is 70.3 Å². The third-order valence-corrected chi connectivity index (χ3v) is 6.18. The van der Waals surface area contributed by atoms with Gasteiger partial charge in [0.25, 0.3) is 0 Å². The summed E-state index contributed by atoms with van der Waals surface area (Å²) in [6.07, 6.45) is 7.79. The number of aryl methyl sites for hydroxylation is 1. The second-order valence-electron chi connectivity index (χ2n) is 8.02. The molecule has 1 saturated heterocycles. The topological polar surface area (TPSA) is 46.3 Å². The van der Waals surface area contributed by atoms with E-state index in [4.69, 9.17) is 5.73 Å². The van der Waals surface area contributed by atoms with Crippen LogP contribution in [0.5, 0.6) is 0 Å². The normalized spacial score (nSPS) is 24.3. The van der Waals surface area contributed by atoms with Crippen LogP contribution in [0.1, 0.15) is 63.0 Å². The first-order valence-corrected chi connectivity index (χ1v) is 9.65. The number of hydrogen-bond acceptors (Lipinski definition) is 2. The molecule has 2 fully saturated rings. The zero-order valence-corrected chi connectivity index (χ0v) is 16.5. The number of amides is 1. The molecule has 1 saturated carbocycles. The van der Waals surface area contributed by atoms with Gasteiger partial charge >= 0.3 is 0 Å². The molecule has 0 spiro atoms. The lowest BCUT2D eigenvalue weighted by Gasteiger charge is -2.43. The van der Waals surface area contributed by atoms with Gasteiger partial charge in [0.2, 0.25) is 5.91 Å². The van der Waals surface area contributed by atoms with Crippen LogP contribution in [-0.2, 0) is 10.2 Å². The Kier molecular flexibility index (Phi) is 6.93. The minimum atomic E-state index is -0.302. The van der Waals surface area contributed by atoms with Gasteiger partial charge in [0.1, 0.15) is 0 Å². The minimum Gasteiger partial charge on any atom is -0.342 e. The van der Waals surface area contributed by atoms with E-state index in [9.17, 15) is 4.79 Å². The van der Waals surface area contributed by atoms with Crippen LogP contribution in [0.3, 0.4) is 0 Å². The Bertz CT molecular complexity index is 581. The molecule has 3 rings (SSSR count). The van der Waals surface area contributed by atoms with Crippen molar-refractivity contribution >= 4 is 18.3 Å². The highest BCUT2D eigenvalue weighted by Gasteiger charge is 2.44. The number of piperidine rings is 1. The molecule has 2 N–H and O–H groups in total. The van der Waals surface area contributed by atoms with Crippen LogP contribution in [0, 0.1) is 12.8 Å². The van der Waals surface area contributed by atoms with Crippen LogP contribution in [0.25, 0.3) is 0 Å². The van der Waals surface area contributed by atoms with Crippen molar-refractivity contribution in [2.24, 2.45) is 11.7 Å². The molecular weight excluding hydrogens is 332 g/mol. The monoisotopic (exact) mass is 364 g/mol. The van der Waals surface area contributed by atoms with Gasteiger partial charge in [-0.2, -0.15) is 0 Å². The van der Waals surface area contributed by atoms with Gasteiger partial charge in [-0.3, -0.25) is 4.79 Å². The Morgan fingerprint density at radius 2 is 1.96 bits per heavy atom. The molecule has 0 aromatic heterocycles. The Balaban J connectivity index is 0.00000225. The van der Waals surface area contributed by atoms with Crippen molar-refractivity contribution in [3.8, 4) is 0 Å². The number of likely N-dealkylation sites (tertiary alicyclic amines) is 1. The van der Waals surface area contributed by atoms with Gasteiger partial charge in [-0.05, 0) is 51.0 Å². The maximum atomic E-state index is 13.6. The van der Waals surface area contributed by atoms with Gasteiger partial charge in [-0.25, -0.2) is 0 Å². The van der Waals surface area contributed by atoms with Crippen LogP contribution in [0.2, 0.25) is 0 Å². The van der Waals surface area contributed by atoms with E-state index < -0.39 is 0 Å². The predicted octanol–water partition coefficient (Wildman–Crippen LogP) is 4.20. The van der Waals surface area contributed by atoms with Crippen LogP contribution >= 0.6 is 12.4 Å². The van der Waals surface area contributed by atoms with Gasteiger partial charge in [-0.15, -0.1) is 12.4 Å². The highest BCUT2D eigenvalue weighted by Crippen LogP contribution is 2.42. The summed E-state index contributed by atoms with van der Waals surface area (Å²) in [5.41, 5.74) is 8.31. The highest BCUT2D eigenvalue weighted by molar-refractivity contribution is 5.88. The maximum absolute atomic E-state index is 13.6. The fourth-order valence-electron chi connectivity index (χ4n) is 4.65. The molecule has 1 aliphatic carbocycles. The molecule has 2 atom stereocenters. The van der Waals surface area contributed by atoms with Crippen molar-refractivity contribution in [1.29, 1.82) is 0 Å². The third kappa shape index (κ3) is 4.20. The van der Waals surface area contributed by atoms with Gasteiger partial charge in [0, 0.05) is 19.1 Å². The third-order valence-electron chi connectivity index (χ3n) is 6.18. The van der Waals surface area contributed by atoms with Crippen molar-refractivity contribution in [3.63, 3.8) is 0 Å². The number of halogens is 1. The van der Waals surface area contributed by atoms with Crippen LogP contribution < -0.4 is 5.73 Å². The largest absolute Gasteiger partial charge is 0.342 e. The SMILES string of the molecule is Cc1cccc(C2(C(=O)N3CCCC(C(C)N)C3)CCCCC2)c1.Cl. The number of benzene rings is 1. The van der Waals surface area contributed by atoms with Crippen molar-refractivity contribution < 1.29 is 4.79 Å². The van der Waals surface area contributed by atoms with E-state index in [1.165, 1.54) is 17.5 Å². The number of carbonyl (C=O) groups is 1. The van der Waals surface area contributed by atoms with Gasteiger partial charge in [0.05, 0.1) is 5.41 Å². The summed E-state index contributed by atoms with van der Waals surface area (Å²) in [4.78, 5) is 15.8. The first-order valence-electron chi connectivity index (χ1n) is 9.65. The average molecular weight is 365 g/mol. The molecular formula is C21H33ClN2O. The molecule has 1 aromatic carbocycles. The average Bonchev–Trinajstić information content (AvgIpc) is 2.61. The Morgan fingerprint density at radius 3 is 2.60 bits per heavy atom. The second kappa shape index (κ2) is 8.55. The standard InChI is InChI=1S/C21H32N2O.ClH/c1-16-8-6-10-19(14-16)21(11-4-3-5-12-21)20(24)23-13-7-9-18(15-23)17(2)22;/h6,8,10,14,17-18H,3-5,7,9,11-13,15,22H2,1-2H3;1H. The molecule has 2 unspecified atom stereocenters. The zero-order chi connectivity index (χ0) is 17.2. The van der Waals surface area contributed by atoms with E-state index >= 15 is 0 Å². The lowest BCUT2D eigenvalue weighted by atomic mass is 9.68. The number of nitrogens with zero attached hydrogens (tertiary/aromatic N) is 1. The molecule has 0 bridgehead atoms. The summed E-state index contributed by atoms with van der Waals surface area (Å²) in [5.74, 6) is 0.805. The van der Waals surface area contributed by atoms with Crippen LogP contribution in [0.4, 0.5) is 0 Å². The van der Waals surface area contributed by atoms with Crippen LogP contribution in [-0.4, -0.2) is 29.9 Å². The lowest BCUT2D eigenvalue weighted by molar-refractivity contribution is -0.141. The van der Waals surface area contributed by atoms with Crippen molar-refractivity contribution in [3.05, 3.63) is 35.4 Å². The predicted molar refractivity (Wildman–Crippen MR) is 106 cm³/mol. The van der Waals surface area contributed by atoms with E-state index in [0.717, 1.165) is 51.6 Å². The molecule has 0 radical (unpaired) electrons. The number of hydrogen-bond donors (Lipinski definition) is 1. The second-order valence-corrected chi connectivity index (χ2v) is 8.02. The summed E-state index contributed by atoms with van der Waals surface area (Å²) < 4.78 is 0. The van der Waals surface area contributed by atoms with Gasteiger partial charge in [0.15, 0.2) is 0 Å². The fraction of sp³-hybridized carbons (Fsp3) is 0.667.